The molecule has 0 amide bonds. The Morgan fingerprint density at radius 1 is 1.00 bits per heavy atom. The van der Waals surface area contributed by atoms with Gasteiger partial charge in [0, 0.05) is 18.2 Å². The van der Waals surface area contributed by atoms with E-state index in [0.717, 1.165) is 30.8 Å². The average molecular weight is 296 g/mol. The van der Waals surface area contributed by atoms with Crippen LogP contribution in [0.5, 0.6) is 17.2 Å². The molecule has 0 aliphatic carbocycles. The molecule has 5 nitrogen and oxygen atoms in total. The van der Waals surface area contributed by atoms with E-state index in [-0.39, 0.29) is 6.04 Å². The van der Waals surface area contributed by atoms with E-state index in [1.807, 2.05) is 12.1 Å². The van der Waals surface area contributed by atoms with Gasteiger partial charge >= 0.3 is 0 Å². The third-order valence-corrected chi connectivity index (χ3v) is 3.68. The van der Waals surface area contributed by atoms with Gasteiger partial charge in [-0.15, -0.1) is 0 Å². The van der Waals surface area contributed by atoms with Crippen molar-refractivity contribution in [1.82, 2.24) is 4.90 Å². The second-order valence-electron chi connectivity index (χ2n) is 4.83. The van der Waals surface area contributed by atoms with Crippen LogP contribution in [0.25, 0.3) is 0 Å². The fourth-order valence-corrected chi connectivity index (χ4v) is 2.61. The molecule has 1 atom stereocenters. The first-order valence-corrected chi connectivity index (χ1v) is 7.40. The van der Waals surface area contributed by atoms with Gasteiger partial charge in [-0.05, 0) is 25.6 Å². The fraction of sp³-hybridized carbons (Fsp3) is 0.625. The summed E-state index contributed by atoms with van der Waals surface area (Å²) in [4.78, 5) is 2.35. The van der Waals surface area contributed by atoms with E-state index in [9.17, 15) is 0 Å². The van der Waals surface area contributed by atoms with Crippen LogP contribution >= 0.6 is 0 Å². The van der Waals surface area contributed by atoms with Crippen LogP contribution < -0.4 is 19.9 Å². The van der Waals surface area contributed by atoms with Crippen LogP contribution in [0.1, 0.15) is 31.9 Å². The van der Waals surface area contributed by atoms with E-state index in [0.29, 0.717) is 18.0 Å². The maximum Gasteiger partial charge on any atom is 0.164 e. The van der Waals surface area contributed by atoms with E-state index >= 15 is 0 Å². The summed E-state index contributed by atoms with van der Waals surface area (Å²) in [5.41, 5.74) is 7.06. The Labute approximate surface area is 128 Å². The number of hydrogen-bond donors (Lipinski definition) is 1. The van der Waals surface area contributed by atoms with Crippen molar-refractivity contribution in [1.29, 1.82) is 0 Å². The van der Waals surface area contributed by atoms with Gasteiger partial charge in [0.25, 0.3) is 0 Å². The molecule has 0 radical (unpaired) electrons. The van der Waals surface area contributed by atoms with E-state index in [1.165, 1.54) is 0 Å². The number of benzene rings is 1. The van der Waals surface area contributed by atoms with Crippen LogP contribution in [-0.2, 0) is 0 Å². The van der Waals surface area contributed by atoms with Crippen LogP contribution in [0.3, 0.4) is 0 Å². The van der Waals surface area contributed by atoms with Gasteiger partial charge in [-0.3, -0.25) is 4.90 Å². The van der Waals surface area contributed by atoms with E-state index in [2.05, 4.69) is 18.7 Å². The first-order chi connectivity index (χ1) is 10.2. The molecular formula is C16H28N2O3. The molecular weight excluding hydrogens is 268 g/mol. The Bertz CT molecular complexity index is 438. The standard InChI is InChI=1S/C16H28N2O3/c1-6-8-18(7-2)13(11-17)12-9-15(20-4)16(21-5)10-14(12)19-3/h9-10,13H,6-8,11,17H2,1-5H3. The topological polar surface area (TPSA) is 57.0 Å². The van der Waals surface area contributed by atoms with E-state index < -0.39 is 0 Å². The zero-order valence-electron chi connectivity index (χ0n) is 13.8. The van der Waals surface area contributed by atoms with Crippen LogP contribution in [0, 0.1) is 0 Å². The highest BCUT2D eigenvalue weighted by atomic mass is 16.5. The number of nitrogens with two attached hydrogens (primary N) is 1. The molecule has 0 aromatic heterocycles. The Balaban J connectivity index is 3.29. The number of methoxy groups -OCH3 is 3. The molecule has 2 N–H and O–H groups in total. The van der Waals surface area contributed by atoms with Crippen LogP contribution in [-0.4, -0.2) is 45.9 Å². The summed E-state index contributed by atoms with van der Waals surface area (Å²) >= 11 is 0. The molecule has 21 heavy (non-hydrogen) atoms. The lowest BCUT2D eigenvalue weighted by atomic mass is 10.0. The van der Waals surface area contributed by atoms with Gasteiger partial charge in [0.2, 0.25) is 0 Å². The SMILES string of the molecule is CCCN(CC)C(CN)c1cc(OC)c(OC)cc1OC. The van der Waals surface area contributed by atoms with Crippen LogP contribution in [0.15, 0.2) is 12.1 Å². The molecule has 5 heteroatoms. The van der Waals surface area contributed by atoms with Gasteiger partial charge in [0.1, 0.15) is 5.75 Å². The first-order valence-electron chi connectivity index (χ1n) is 7.40. The number of hydrogen-bond acceptors (Lipinski definition) is 5. The van der Waals surface area contributed by atoms with Crippen molar-refractivity contribution in [2.24, 2.45) is 5.73 Å². The summed E-state index contributed by atoms with van der Waals surface area (Å²) in [5, 5.41) is 0. The molecule has 0 bridgehead atoms. The molecule has 0 saturated carbocycles. The number of likely N-dealkylation sites (N-methyl/N-ethyl adjacent to an activating group) is 1. The smallest absolute Gasteiger partial charge is 0.164 e. The quantitative estimate of drug-likeness (QED) is 0.758. The van der Waals surface area contributed by atoms with Crippen molar-refractivity contribution in [2.45, 2.75) is 26.3 Å². The van der Waals surface area contributed by atoms with E-state index in [1.54, 1.807) is 21.3 Å². The summed E-state index contributed by atoms with van der Waals surface area (Å²) < 4.78 is 16.3. The third kappa shape index (κ3) is 4.02. The van der Waals surface area contributed by atoms with Crippen molar-refractivity contribution >= 4 is 0 Å². The molecule has 0 aliphatic heterocycles. The van der Waals surface area contributed by atoms with Gasteiger partial charge < -0.3 is 19.9 Å². The third-order valence-electron chi connectivity index (χ3n) is 3.68. The minimum atomic E-state index is 0.102. The zero-order valence-corrected chi connectivity index (χ0v) is 13.8. The largest absolute Gasteiger partial charge is 0.496 e. The molecule has 0 aliphatic rings. The summed E-state index contributed by atoms with van der Waals surface area (Å²) in [6.45, 7) is 6.77. The minimum Gasteiger partial charge on any atom is -0.496 e. The predicted octanol–water partition coefficient (Wildman–Crippen LogP) is 2.44. The first kappa shape index (κ1) is 17.6. The van der Waals surface area contributed by atoms with Crippen molar-refractivity contribution in [3.05, 3.63) is 17.7 Å². The monoisotopic (exact) mass is 296 g/mol. The number of ether oxygens (including phenoxy) is 3. The Morgan fingerprint density at radius 3 is 2.00 bits per heavy atom. The Hall–Kier alpha value is -1.46. The highest BCUT2D eigenvalue weighted by Crippen LogP contribution is 2.38. The van der Waals surface area contributed by atoms with Crippen molar-refractivity contribution in [2.75, 3.05) is 41.0 Å². The number of rotatable bonds is 9. The Morgan fingerprint density at radius 2 is 1.57 bits per heavy atom. The van der Waals surface area contributed by atoms with Gasteiger partial charge in [0.05, 0.1) is 27.4 Å². The number of nitrogens with zero attached hydrogens (tertiary/aromatic N) is 1. The molecule has 1 unspecified atom stereocenters. The lowest BCUT2D eigenvalue weighted by molar-refractivity contribution is 0.207. The summed E-state index contributed by atoms with van der Waals surface area (Å²) in [6, 6.07) is 3.93. The van der Waals surface area contributed by atoms with Gasteiger partial charge in [-0.2, -0.15) is 0 Å². The second-order valence-corrected chi connectivity index (χ2v) is 4.83. The predicted molar refractivity (Wildman–Crippen MR) is 85.4 cm³/mol. The van der Waals surface area contributed by atoms with Gasteiger partial charge in [-0.25, -0.2) is 0 Å². The van der Waals surface area contributed by atoms with Crippen molar-refractivity contribution < 1.29 is 14.2 Å². The van der Waals surface area contributed by atoms with Gasteiger partial charge in [-0.1, -0.05) is 13.8 Å². The molecule has 0 saturated heterocycles. The van der Waals surface area contributed by atoms with Gasteiger partial charge in [0.15, 0.2) is 11.5 Å². The van der Waals surface area contributed by atoms with Crippen molar-refractivity contribution in [3.63, 3.8) is 0 Å². The molecule has 1 aromatic carbocycles. The Kier molecular flexibility index (Phi) is 7.32. The molecule has 0 spiro atoms. The summed E-state index contributed by atoms with van der Waals surface area (Å²) in [5.74, 6) is 2.13. The van der Waals surface area contributed by atoms with E-state index in [4.69, 9.17) is 19.9 Å². The summed E-state index contributed by atoms with van der Waals surface area (Å²) in [7, 11) is 4.91. The normalized spacial score (nSPS) is 12.3. The molecule has 1 aromatic rings. The maximum atomic E-state index is 6.03. The average Bonchev–Trinajstić information content (AvgIpc) is 2.53. The summed E-state index contributed by atoms with van der Waals surface area (Å²) in [6.07, 6.45) is 1.08. The minimum absolute atomic E-state index is 0.102. The fourth-order valence-electron chi connectivity index (χ4n) is 2.61. The van der Waals surface area contributed by atoms with Crippen LogP contribution in [0.4, 0.5) is 0 Å². The molecule has 1 rings (SSSR count). The highest BCUT2D eigenvalue weighted by Gasteiger charge is 2.23. The molecule has 0 heterocycles. The second kappa shape index (κ2) is 8.74. The zero-order chi connectivity index (χ0) is 15.8. The molecule has 120 valence electrons. The highest BCUT2D eigenvalue weighted by molar-refractivity contribution is 5.52. The lowest BCUT2D eigenvalue weighted by Crippen LogP contribution is -2.34. The lowest BCUT2D eigenvalue weighted by Gasteiger charge is -2.31. The van der Waals surface area contributed by atoms with Crippen molar-refractivity contribution in [3.8, 4) is 17.2 Å². The maximum absolute atomic E-state index is 6.03. The molecule has 0 fully saturated rings. The van der Waals surface area contributed by atoms with Crippen LogP contribution in [0.2, 0.25) is 0 Å².